The molecule has 0 aromatic heterocycles. The highest BCUT2D eigenvalue weighted by atomic mass is 16.3. The highest BCUT2D eigenvalue weighted by Gasteiger charge is 2.32. The van der Waals surface area contributed by atoms with Crippen LogP contribution in [0.5, 0.6) is 0 Å². The molecule has 2 atom stereocenters. The smallest absolute Gasteiger partial charge is 0.223 e. The average Bonchev–Trinajstić information content (AvgIpc) is 3.36. The number of carbonyl (C=O) groups excluding carboxylic acids is 1. The largest absolute Gasteiger partial charge is 0.390 e. The van der Waals surface area contributed by atoms with Crippen molar-refractivity contribution in [3.63, 3.8) is 0 Å². The highest BCUT2D eigenvalue weighted by molar-refractivity contribution is 5.78. The molecule has 1 aromatic carbocycles. The first-order chi connectivity index (χ1) is 10.6. The number of fused-ring (bicyclic) bond motifs is 1. The lowest BCUT2D eigenvalue weighted by Crippen LogP contribution is -2.43. The molecule has 22 heavy (non-hydrogen) atoms. The number of hydrogen-bond donors (Lipinski definition) is 2. The van der Waals surface area contributed by atoms with E-state index >= 15 is 0 Å². The molecule has 0 radical (unpaired) electrons. The van der Waals surface area contributed by atoms with Crippen LogP contribution in [0.25, 0.3) is 0 Å². The number of nitrogens with zero attached hydrogens (tertiary/aromatic N) is 1. The van der Waals surface area contributed by atoms with E-state index < -0.39 is 6.10 Å². The van der Waals surface area contributed by atoms with Gasteiger partial charge in [-0.15, -0.1) is 0 Å². The number of aliphatic hydroxyl groups excluding tert-OH is 1. The Kier molecular flexibility index (Phi) is 4.79. The van der Waals surface area contributed by atoms with Gasteiger partial charge in [0, 0.05) is 32.1 Å². The van der Waals surface area contributed by atoms with Gasteiger partial charge in [0.25, 0.3) is 0 Å². The molecule has 4 heteroatoms. The zero-order valence-corrected chi connectivity index (χ0v) is 13.3. The van der Waals surface area contributed by atoms with Gasteiger partial charge in [-0.25, -0.2) is 0 Å². The minimum Gasteiger partial charge on any atom is -0.390 e. The molecular formula is C18H26N2O2. The van der Waals surface area contributed by atoms with E-state index in [0.717, 1.165) is 19.5 Å². The molecule has 0 bridgehead atoms. The number of carbonyl (C=O) groups is 1. The second kappa shape index (κ2) is 6.80. The molecule has 1 aliphatic carbocycles. The van der Waals surface area contributed by atoms with Crippen molar-refractivity contribution in [1.29, 1.82) is 0 Å². The van der Waals surface area contributed by atoms with E-state index in [1.165, 1.54) is 24.0 Å². The van der Waals surface area contributed by atoms with E-state index in [4.69, 9.17) is 0 Å². The highest BCUT2D eigenvalue weighted by Crippen LogP contribution is 2.36. The maximum absolute atomic E-state index is 11.9. The zero-order chi connectivity index (χ0) is 15.5. The summed E-state index contributed by atoms with van der Waals surface area (Å²) in [7, 11) is 0. The van der Waals surface area contributed by atoms with E-state index in [0.29, 0.717) is 19.0 Å². The SMILES string of the molecule is CC(C(=O)NCC(O)CN1CCc2ccccc2C1)C1CC1. The Morgan fingerprint density at radius 2 is 2.09 bits per heavy atom. The number of nitrogens with one attached hydrogen (secondary N) is 1. The van der Waals surface area contributed by atoms with E-state index in [9.17, 15) is 9.90 Å². The van der Waals surface area contributed by atoms with Crippen LogP contribution in [0.4, 0.5) is 0 Å². The van der Waals surface area contributed by atoms with E-state index in [-0.39, 0.29) is 11.8 Å². The fourth-order valence-electron chi connectivity index (χ4n) is 3.26. The number of rotatable bonds is 6. The van der Waals surface area contributed by atoms with Crippen molar-refractivity contribution < 1.29 is 9.90 Å². The Hall–Kier alpha value is -1.39. The van der Waals surface area contributed by atoms with Crippen LogP contribution in [0.1, 0.15) is 30.9 Å². The van der Waals surface area contributed by atoms with Gasteiger partial charge in [-0.1, -0.05) is 31.2 Å². The lowest BCUT2D eigenvalue weighted by molar-refractivity contribution is -0.125. The van der Waals surface area contributed by atoms with Gasteiger partial charge in [0.2, 0.25) is 5.91 Å². The van der Waals surface area contributed by atoms with Gasteiger partial charge in [0.15, 0.2) is 0 Å². The van der Waals surface area contributed by atoms with Crippen molar-refractivity contribution in [3.8, 4) is 0 Å². The Morgan fingerprint density at radius 3 is 2.82 bits per heavy atom. The van der Waals surface area contributed by atoms with Crippen molar-refractivity contribution in [1.82, 2.24) is 10.2 Å². The molecule has 120 valence electrons. The van der Waals surface area contributed by atoms with Gasteiger partial charge in [0.05, 0.1) is 6.10 Å². The number of benzene rings is 1. The average molecular weight is 302 g/mol. The molecule has 2 aliphatic rings. The lowest BCUT2D eigenvalue weighted by atomic mass is 10.00. The fraction of sp³-hybridized carbons (Fsp3) is 0.611. The second-order valence-corrected chi connectivity index (χ2v) is 6.78. The minimum atomic E-state index is -0.499. The van der Waals surface area contributed by atoms with Crippen LogP contribution in [0.15, 0.2) is 24.3 Å². The van der Waals surface area contributed by atoms with Crippen LogP contribution >= 0.6 is 0 Å². The van der Waals surface area contributed by atoms with Crippen LogP contribution in [0, 0.1) is 11.8 Å². The summed E-state index contributed by atoms with van der Waals surface area (Å²) in [5, 5.41) is 13.1. The molecule has 1 aromatic rings. The van der Waals surface area contributed by atoms with E-state index in [1.54, 1.807) is 0 Å². The van der Waals surface area contributed by atoms with Gasteiger partial charge >= 0.3 is 0 Å². The van der Waals surface area contributed by atoms with Crippen molar-refractivity contribution in [2.75, 3.05) is 19.6 Å². The standard InChI is InChI=1S/C18H26N2O2/c1-13(14-6-7-14)18(22)19-10-17(21)12-20-9-8-15-4-2-3-5-16(15)11-20/h2-5,13-14,17,21H,6-12H2,1H3,(H,19,22). The lowest BCUT2D eigenvalue weighted by Gasteiger charge is -2.30. The third-order valence-corrected chi connectivity index (χ3v) is 4.93. The van der Waals surface area contributed by atoms with E-state index in [2.05, 4.69) is 34.5 Å². The Labute approximate surface area is 132 Å². The maximum atomic E-state index is 11.9. The van der Waals surface area contributed by atoms with E-state index in [1.807, 2.05) is 6.92 Å². The van der Waals surface area contributed by atoms with Gasteiger partial charge in [-0.3, -0.25) is 9.69 Å². The third-order valence-electron chi connectivity index (χ3n) is 4.93. The predicted octanol–water partition coefficient (Wildman–Crippen LogP) is 1.57. The molecule has 1 fully saturated rings. The topological polar surface area (TPSA) is 52.6 Å². The quantitative estimate of drug-likeness (QED) is 0.838. The molecule has 1 saturated carbocycles. The first-order valence-electron chi connectivity index (χ1n) is 8.38. The third kappa shape index (κ3) is 3.87. The van der Waals surface area contributed by atoms with Crippen molar-refractivity contribution >= 4 is 5.91 Å². The molecule has 4 nitrogen and oxygen atoms in total. The molecule has 0 saturated heterocycles. The maximum Gasteiger partial charge on any atom is 0.223 e. The summed E-state index contributed by atoms with van der Waals surface area (Å²) in [6.45, 7) is 4.82. The summed E-state index contributed by atoms with van der Waals surface area (Å²) in [6, 6.07) is 8.49. The molecular weight excluding hydrogens is 276 g/mol. The van der Waals surface area contributed by atoms with Gasteiger partial charge < -0.3 is 10.4 Å². The van der Waals surface area contributed by atoms with Crippen molar-refractivity contribution in [2.45, 2.75) is 38.8 Å². The van der Waals surface area contributed by atoms with Crippen LogP contribution in [-0.4, -0.2) is 41.7 Å². The molecule has 1 amide bonds. The molecule has 0 spiro atoms. The van der Waals surface area contributed by atoms with Crippen molar-refractivity contribution in [3.05, 3.63) is 35.4 Å². The summed E-state index contributed by atoms with van der Waals surface area (Å²) in [5.41, 5.74) is 2.77. The monoisotopic (exact) mass is 302 g/mol. The summed E-state index contributed by atoms with van der Waals surface area (Å²) in [6.07, 6.45) is 2.88. The first kappa shape index (κ1) is 15.5. The Bertz CT molecular complexity index is 528. The minimum absolute atomic E-state index is 0.0885. The summed E-state index contributed by atoms with van der Waals surface area (Å²) >= 11 is 0. The summed E-state index contributed by atoms with van der Waals surface area (Å²) < 4.78 is 0. The molecule has 1 aliphatic heterocycles. The molecule has 3 rings (SSSR count). The second-order valence-electron chi connectivity index (χ2n) is 6.78. The van der Waals surface area contributed by atoms with Crippen LogP contribution in [-0.2, 0) is 17.8 Å². The van der Waals surface area contributed by atoms with Gasteiger partial charge in [0.1, 0.15) is 0 Å². The normalized spacial score (nSPS) is 21.0. The first-order valence-corrected chi connectivity index (χ1v) is 8.38. The number of aliphatic hydroxyl groups is 1. The summed E-state index contributed by atoms with van der Waals surface area (Å²) in [4.78, 5) is 14.2. The predicted molar refractivity (Wildman–Crippen MR) is 86.3 cm³/mol. The Morgan fingerprint density at radius 1 is 1.36 bits per heavy atom. The Balaban J connectivity index is 1.42. The van der Waals surface area contributed by atoms with Gasteiger partial charge in [-0.05, 0) is 36.3 Å². The number of β-amino-alcohol motifs (C(OH)–C–C–N with tert-alkyl or cyclic N) is 1. The van der Waals surface area contributed by atoms with Crippen LogP contribution in [0.2, 0.25) is 0 Å². The molecule has 2 N–H and O–H groups in total. The van der Waals surface area contributed by atoms with Gasteiger partial charge in [-0.2, -0.15) is 0 Å². The van der Waals surface area contributed by atoms with Crippen molar-refractivity contribution in [2.24, 2.45) is 11.8 Å². The molecule has 2 unspecified atom stereocenters. The van der Waals surface area contributed by atoms with Crippen LogP contribution < -0.4 is 5.32 Å². The number of hydrogen-bond acceptors (Lipinski definition) is 3. The zero-order valence-electron chi connectivity index (χ0n) is 13.3. The fourth-order valence-corrected chi connectivity index (χ4v) is 3.26. The molecule has 1 heterocycles. The summed E-state index contributed by atoms with van der Waals surface area (Å²) in [5.74, 6) is 0.746. The van der Waals surface area contributed by atoms with Crippen LogP contribution in [0.3, 0.4) is 0 Å². The number of amides is 1.